The summed E-state index contributed by atoms with van der Waals surface area (Å²) in [6.45, 7) is 13.6. The summed E-state index contributed by atoms with van der Waals surface area (Å²) in [5.74, 6) is -0.267. The van der Waals surface area contributed by atoms with E-state index in [2.05, 4.69) is 15.5 Å². The molecule has 13 heteroatoms. The van der Waals surface area contributed by atoms with Crippen molar-refractivity contribution >= 4 is 57.5 Å². The molecule has 0 aliphatic rings. The Bertz CT molecular complexity index is 1380. The van der Waals surface area contributed by atoms with Gasteiger partial charge in [-0.3, -0.25) is 4.79 Å². The minimum Gasteiger partial charge on any atom is -0.483 e. The summed E-state index contributed by atoms with van der Waals surface area (Å²) in [4.78, 5) is 38.2. The second kappa shape index (κ2) is 14.0. The van der Waals surface area contributed by atoms with Crippen LogP contribution < -0.4 is 10.1 Å². The Hall–Kier alpha value is -3.09. The molecule has 1 amide bonds. The summed E-state index contributed by atoms with van der Waals surface area (Å²) < 4.78 is 18.3. The van der Waals surface area contributed by atoms with E-state index in [0.717, 1.165) is 22.5 Å². The van der Waals surface area contributed by atoms with Crippen LogP contribution in [0.4, 0.5) is 5.00 Å². The molecule has 0 fully saturated rings. The van der Waals surface area contributed by atoms with Gasteiger partial charge in [0.05, 0.1) is 24.5 Å². The molecule has 40 heavy (non-hydrogen) atoms. The maximum absolute atomic E-state index is 12.9. The van der Waals surface area contributed by atoms with E-state index < -0.39 is 18.0 Å². The van der Waals surface area contributed by atoms with Gasteiger partial charge in [0, 0.05) is 11.6 Å². The number of benzene rings is 1. The summed E-state index contributed by atoms with van der Waals surface area (Å²) in [5, 5.41) is 12.8. The number of carbonyl (C=O) groups is 3. The van der Waals surface area contributed by atoms with Crippen molar-refractivity contribution < 1.29 is 28.6 Å². The van der Waals surface area contributed by atoms with Gasteiger partial charge in [-0.05, 0) is 77.3 Å². The van der Waals surface area contributed by atoms with Gasteiger partial charge in [-0.1, -0.05) is 23.4 Å². The number of aromatic nitrogens is 3. The Balaban J connectivity index is 1.74. The van der Waals surface area contributed by atoms with Crippen LogP contribution in [0.3, 0.4) is 0 Å². The number of nitrogens with zero attached hydrogens (tertiary/aromatic N) is 3. The first-order chi connectivity index (χ1) is 19.0. The highest BCUT2D eigenvalue weighted by Crippen LogP contribution is 2.35. The number of hydrogen-bond donors (Lipinski definition) is 1. The van der Waals surface area contributed by atoms with E-state index in [0.29, 0.717) is 33.9 Å². The van der Waals surface area contributed by atoms with Crippen LogP contribution in [0.15, 0.2) is 17.3 Å². The minimum absolute atomic E-state index is 0.00308. The maximum atomic E-state index is 12.9. The fourth-order valence-corrected chi connectivity index (χ4v) is 5.99. The molecule has 2 aromatic heterocycles. The van der Waals surface area contributed by atoms with E-state index in [4.69, 9.17) is 25.8 Å². The van der Waals surface area contributed by atoms with Crippen molar-refractivity contribution in [2.75, 3.05) is 24.3 Å². The Labute approximate surface area is 246 Å². The first kappa shape index (κ1) is 31.4. The number of nitrogens with one attached hydrogen (secondary N) is 1. The fraction of sp³-hybridized carbons (Fsp3) is 0.444. The van der Waals surface area contributed by atoms with E-state index in [1.165, 1.54) is 11.8 Å². The highest BCUT2D eigenvalue weighted by molar-refractivity contribution is 7.99. The molecule has 1 atom stereocenters. The van der Waals surface area contributed by atoms with Gasteiger partial charge in [0.1, 0.15) is 15.6 Å². The van der Waals surface area contributed by atoms with Gasteiger partial charge >= 0.3 is 11.9 Å². The summed E-state index contributed by atoms with van der Waals surface area (Å²) in [7, 11) is 0. The molecular weight excluding hydrogens is 576 g/mol. The van der Waals surface area contributed by atoms with Crippen molar-refractivity contribution in [2.24, 2.45) is 0 Å². The van der Waals surface area contributed by atoms with E-state index in [1.807, 2.05) is 44.4 Å². The number of anilines is 1. The highest BCUT2D eigenvalue weighted by atomic mass is 35.5. The average Bonchev–Trinajstić information content (AvgIpc) is 3.46. The molecule has 216 valence electrons. The highest BCUT2D eigenvalue weighted by Gasteiger charge is 2.27. The van der Waals surface area contributed by atoms with Gasteiger partial charge in [0.25, 0.3) is 0 Å². The molecule has 0 saturated carbocycles. The van der Waals surface area contributed by atoms with Crippen LogP contribution >= 0.6 is 34.7 Å². The Morgan fingerprint density at radius 2 is 1.68 bits per heavy atom. The first-order valence-corrected chi connectivity index (χ1v) is 15.0. The number of thioether (sulfide) groups is 1. The van der Waals surface area contributed by atoms with Crippen molar-refractivity contribution in [1.29, 1.82) is 0 Å². The van der Waals surface area contributed by atoms with Gasteiger partial charge < -0.3 is 24.1 Å². The van der Waals surface area contributed by atoms with Crippen LogP contribution in [-0.4, -0.2) is 51.6 Å². The van der Waals surface area contributed by atoms with Gasteiger partial charge in [-0.25, -0.2) is 9.59 Å². The van der Waals surface area contributed by atoms with Gasteiger partial charge in [0.2, 0.25) is 5.91 Å². The molecule has 1 N–H and O–H groups in total. The molecule has 3 aromatic rings. The molecule has 3 rings (SSSR count). The molecule has 0 aliphatic carbocycles. The lowest BCUT2D eigenvalue weighted by molar-refractivity contribution is -0.113. The second-order valence-electron chi connectivity index (χ2n) is 8.75. The van der Waals surface area contributed by atoms with Crippen LogP contribution in [0.5, 0.6) is 5.75 Å². The second-order valence-corrected chi connectivity index (χ2v) is 11.1. The summed E-state index contributed by atoms with van der Waals surface area (Å²) in [6, 6.07) is 3.76. The summed E-state index contributed by atoms with van der Waals surface area (Å²) in [5.41, 5.74) is 2.39. The van der Waals surface area contributed by atoms with Gasteiger partial charge in [0.15, 0.2) is 17.1 Å². The Morgan fingerprint density at radius 3 is 2.27 bits per heavy atom. The largest absolute Gasteiger partial charge is 0.483 e. The third kappa shape index (κ3) is 7.15. The quantitative estimate of drug-likeness (QED) is 0.190. The van der Waals surface area contributed by atoms with Crippen molar-refractivity contribution in [1.82, 2.24) is 14.8 Å². The third-order valence-electron chi connectivity index (χ3n) is 5.82. The van der Waals surface area contributed by atoms with Crippen LogP contribution in [0.1, 0.15) is 76.3 Å². The number of halogens is 1. The van der Waals surface area contributed by atoms with Gasteiger partial charge in [-0.15, -0.1) is 21.5 Å². The molecule has 2 heterocycles. The first-order valence-electron chi connectivity index (χ1n) is 12.8. The van der Waals surface area contributed by atoms with Crippen LogP contribution in [0.2, 0.25) is 5.02 Å². The lowest BCUT2D eigenvalue weighted by atomic mass is 10.1. The van der Waals surface area contributed by atoms with Crippen LogP contribution in [-0.2, 0) is 20.8 Å². The molecule has 0 saturated heterocycles. The summed E-state index contributed by atoms with van der Waals surface area (Å²) >= 11 is 8.46. The van der Waals surface area contributed by atoms with E-state index in [1.54, 1.807) is 20.8 Å². The average molecular weight is 609 g/mol. The maximum Gasteiger partial charge on any atom is 0.348 e. The number of aryl methyl sites for hydroxylation is 2. The zero-order valence-electron chi connectivity index (χ0n) is 23.5. The molecule has 0 aliphatic heterocycles. The van der Waals surface area contributed by atoms with Crippen molar-refractivity contribution in [3.63, 3.8) is 0 Å². The Morgan fingerprint density at radius 1 is 1.05 bits per heavy atom. The molecule has 0 bridgehead atoms. The lowest BCUT2D eigenvalue weighted by Gasteiger charge is -2.17. The normalized spacial score (nSPS) is 11.7. The predicted octanol–water partition coefficient (Wildman–Crippen LogP) is 6.16. The predicted molar refractivity (Wildman–Crippen MR) is 156 cm³/mol. The monoisotopic (exact) mass is 608 g/mol. The van der Waals surface area contributed by atoms with Crippen LogP contribution in [0.25, 0.3) is 0 Å². The number of hydrogen-bond acceptors (Lipinski definition) is 10. The molecule has 1 unspecified atom stereocenters. The minimum atomic E-state index is -0.620. The van der Waals surface area contributed by atoms with Crippen molar-refractivity contribution in [2.45, 2.75) is 66.3 Å². The van der Waals surface area contributed by atoms with Gasteiger partial charge in [-0.2, -0.15) is 0 Å². The van der Waals surface area contributed by atoms with Crippen molar-refractivity contribution in [3.8, 4) is 5.75 Å². The third-order valence-corrected chi connectivity index (χ3v) is 8.57. The van der Waals surface area contributed by atoms with Crippen molar-refractivity contribution in [3.05, 3.63) is 50.1 Å². The number of carbonyl (C=O) groups excluding carboxylic acids is 3. The fourth-order valence-electron chi connectivity index (χ4n) is 3.97. The number of ether oxygens (including phenoxy) is 3. The van der Waals surface area contributed by atoms with E-state index in [-0.39, 0.29) is 40.3 Å². The number of rotatable bonds is 12. The molecule has 0 spiro atoms. The molecular formula is C27H33ClN4O6S2. The smallest absolute Gasteiger partial charge is 0.348 e. The van der Waals surface area contributed by atoms with E-state index in [9.17, 15) is 14.4 Å². The standard InChI is InChI=1S/C27H33ClN4O6S2/c1-8-32-23(17(7)38-18-11-14(4)21(28)15(5)12-18)30-31-27(32)39-13-19(33)29-24-20(25(34)36-9-2)16(6)22(40-24)26(35)37-10-3/h11-12,17H,8-10,13H2,1-7H3,(H,29,33). The van der Waals surface area contributed by atoms with Crippen LogP contribution in [0, 0.1) is 20.8 Å². The molecule has 1 aromatic carbocycles. The molecule has 10 nitrogen and oxygen atoms in total. The zero-order chi connectivity index (χ0) is 29.6. The lowest BCUT2D eigenvalue weighted by Crippen LogP contribution is -2.17. The number of thiophene rings is 1. The SMILES string of the molecule is CCOC(=O)c1sc(NC(=O)CSc2nnc(C(C)Oc3cc(C)c(Cl)c(C)c3)n2CC)c(C(=O)OCC)c1C. The number of amides is 1. The zero-order valence-corrected chi connectivity index (χ0v) is 25.9. The summed E-state index contributed by atoms with van der Waals surface area (Å²) in [6.07, 6.45) is -0.405. The van der Waals surface area contributed by atoms with E-state index >= 15 is 0 Å². The Kier molecular flexibility index (Phi) is 11.0. The number of esters is 2. The molecule has 0 radical (unpaired) electrons. The topological polar surface area (TPSA) is 122 Å².